The molecule has 1 heterocycles. The van der Waals surface area contributed by atoms with Gasteiger partial charge in [0.2, 0.25) is 5.91 Å². The number of rotatable bonds is 7. The normalized spacial score (nSPS) is 10.2. The quantitative estimate of drug-likeness (QED) is 0.599. The topological polar surface area (TPSA) is 42.0 Å². The summed E-state index contributed by atoms with van der Waals surface area (Å²) in [4.78, 5) is 15.7. The van der Waals surface area contributed by atoms with Crippen LogP contribution >= 0.6 is 22.6 Å². The van der Waals surface area contributed by atoms with E-state index < -0.39 is 0 Å². The van der Waals surface area contributed by atoms with E-state index in [2.05, 4.69) is 39.8 Å². The van der Waals surface area contributed by atoms with Crippen LogP contribution in [-0.2, 0) is 4.79 Å². The SMILES string of the molecule is CCCCCCCC(=O)Nc1ccc(I)cn1. The first-order valence-corrected chi connectivity index (χ1v) is 7.21. The summed E-state index contributed by atoms with van der Waals surface area (Å²) in [6.07, 6.45) is 8.18. The van der Waals surface area contributed by atoms with Crippen molar-refractivity contribution < 1.29 is 4.79 Å². The van der Waals surface area contributed by atoms with Crippen LogP contribution in [0.5, 0.6) is 0 Å². The molecule has 0 unspecified atom stereocenters. The lowest BCUT2D eigenvalue weighted by Gasteiger charge is -2.04. The maximum atomic E-state index is 11.6. The van der Waals surface area contributed by atoms with E-state index in [9.17, 15) is 4.79 Å². The summed E-state index contributed by atoms with van der Waals surface area (Å²) < 4.78 is 1.07. The van der Waals surface area contributed by atoms with Gasteiger partial charge in [-0.05, 0) is 41.1 Å². The minimum Gasteiger partial charge on any atom is -0.311 e. The number of hydrogen-bond donors (Lipinski definition) is 1. The van der Waals surface area contributed by atoms with Gasteiger partial charge in [0.15, 0.2) is 0 Å². The Bertz CT molecular complexity index is 338. The highest BCUT2D eigenvalue weighted by Gasteiger charge is 2.02. The van der Waals surface area contributed by atoms with Crippen molar-refractivity contribution in [2.45, 2.75) is 45.4 Å². The second kappa shape index (κ2) is 8.44. The van der Waals surface area contributed by atoms with Crippen LogP contribution in [0, 0.1) is 3.57 Å². The van der Waals surface area contributed by atoms with Gasteiger partial charge in [-0.3, -0.25) is 4.79 Å². The van der Waals surface area contributed by atoms with Crippen molar-refractivity contribution in [3.05, 3.63) is 21.9 Å². The average Bonchev–Trinajstić information content (AvgIpc) is 2.32. The molecule has 0 spiro atoms. The minimum atomic E-state index is 0.0650. The van der Waals surface area contributed by atoms with Crippen molar-refractivity contribution in [3.8, 4) is 0 Å². The van der Waals surface area contributed by atoms with Gasteiger partial charge in [0.05, 0.1) is 0 Å². The third-order valence-electron chi connectivity index (χ3n) is 2.50. The third-order valence-corrected chi connectivity index (χ3v) is 3.14. The molecule has 0 aliphatic heterocycles. The minimum absolute atomic E-state index is 0.0650. The molecule has 0 aliphatic carbocycles. The van der Waals surface area contributed by atoms with Crippen LogP contribution in [0.15, 0.2) is 18.3 Å². The molecule has 0 fully saturated rings. The molecular weight excluding hydrogens is 327 g/mol. The monoisotopic (exact) mass is 346 g/mol. The van der Waals surface area contributed by atoms with E-state index in [0.29, 0.717) is 12.2 Å². The highest BCUT2D eigenvalue weighted by Crippen LogP contribution is 2.09. The molecule has 4 heteroatoms. The van der Waals surface area contributed by atoms with Gasteiger partial charge in [0, 0.05) is 16.2 Å². The number of unbranched alkanes of at least 4 members (excludes halogenated alkanes) is 4. The molecule has 0 saturated carbocycles. The lowest BCUT2D eigenvalue weighted by atomic mass is 10.1. The summed E-state index contributed by atoms with van der Waals surface area (Å²) in [5, 5.41) is 2.81. The van der Waals surface area contributed by atoms with Crippen LogP contribution in [0.2, 0.25) is 0 Å². The zero-order chi connectivity index (χ0) is 12.5. The highest BCUT2D eigenvalue weighted by atomic mass is 127. The molecule has 1 aromatic heterocycles. The smallest absolute Gasteiger partial charge is 0.225 e. The van der Waals surface area contributed by atoms with E-state index in [1.165, 1.54) is 19.3 Å². The first-order valence-electron chi connectivity index (χ1n) is 6.13. The molecule has 1 amide bonds. The second-order valence-electron chi connectivity index (χ2n) is 4.07. The van der Waals surface area contributed by atoms with Crippen molar-refractivity contribution in [2.24, 2.45) is 0 Å². The molecule has 1 N–H and O–H groups in total. The molecule has 0 bridgehead atoms. The van der Waals surface area contributed by atoms with Gasteiger partial charge in [0.25, 0.3) is 0 Å². The van der Waals surface area contributed by atoms with Crippen LogP contribution in [0.25, 0.3) is 0 Å². The summed E-state index contributed by atoms with van der Waals surface area (Å²) in [5.74, 6) is 0.708. The molecule has 0 aliphatic rings. The molecular formula is C13H19IN2O. The Morgan fingerprint density at radius 1 is 1.29 bits per heavy atom. The summed E-state index contributed by atoms with van der Waals surface area (Å²) in [6, 6.07) is 3.77. The van der Waals surface area contributed by atoms with Gasteiger partial charge in [-0.25, -0.2) is 4.98 Å². The van der Waals surface area contributed by atoms with Crippen LogP contribution in [0.3, 0.4) is 0 Å². The Kier molecular flexibility index (Phi) is 7.16. The maximum Gasteiger partial charge on any atom is 0.225 e. The van der Waals surface area contributed by atoms with Gasteiger partial charge in [-0.15, -0.1) is 0 Å². The number of pyridine rings is 1. The second-order valence-corrected chi connectivity index (χ2v) is 5.32. The van der Waals surface area contributed by atoms with Gasteiger partial charge < -0.3 is 5.32 Å². The number of anilines is 1. The number of aromatic nitrogens is 1. The summed E-state index contributed by atoms with van der Waals surface area (Å²) >= 11 is 2.19. The molecule has 0 saturated heterocycles. The molecule has 3 nitrogen and oxygen atoms in total. The van der Waals surface area contributed by atoms with Gasteiger partial charge in [-0.2, -0.15) is 0 Å². The number of halogens is 1. The van der Waals surface area contributed by atoms with Crippen LogP contribution < -0.4 is 5.32 Å². The van der Waals surface area contributed by atoms with Gasteiger partial charge >= 0.3 is 0 Å². The molecule has 0 radical (unpaired) electrons. The van der Waals surface area contributed by atoms with Crippen molar-refractivity contribution in [1.82, 2.24) is 4.98 Å². The molecule has 17 heavy (non-hydrogen) atoms. The number of nitrogens with zero attached hydrogens (tertiary/aromatic N) is 1. The fraction of sp³-hybridized carbons (Fsp3) is 0.538. The predicted molar refractivity (Wildman–Crippen MR) is 79.0 cm³/mol. The summed E-state index contributed by atoms with van der Waals surface area (Å²) in [5.41, 5.74) is 0. The van der Waals surface area contributed by atoms with E-state index in [0.717, 1.165) is 16.4 Å². The number of hydrogen-bond acceptors (Lipinski definition) is 2. The zero-order valence-corrected chi connectivity index (χ0v) is 12.4. The number of carbonyl (C=O) groups is 1. The molecule has 0 aromatic carbocycles. The van der Waals surface area contributed by atoms with E-state index in [-0.39, 0.29) is 5.91 Å². The van der Waals surface area contributed by atoms with Crippen LogP contribution in [0.1, 0.15) is 45.4 Å². The maximum absolute atomic E-state index is 11.6. The number of nitrogens with one attached hydrogen (secondary N) is 1. The van der Waals surface area contributed by atoms with Crippen molar-refractivity contribution in [2.75, 3.05) is 5.32 Å². The molecule has 0 atom stereocenters. The van der Waals surface area contributed by atoms with E-state index in [1.807, 2.05) is 12.1 Å². The third kappa shape index (κ3) is 6.61. The molecule has 94 valence electrons. The van der Waals surface area contributed by atoms with Crippen LogP contribution in [-0.4, -0.2) is 10.9 Å². The highest BCUT2D eigenvalue weighted by molar-refractivity contribution is 14.1. The Balaban J connectivity index is 2.18. The van der Waals surface area contributed by atoms with Crippen molar-refractivity contribution in [3.63, 3.8) is 0 Å². The lowest BCUT2D eigenvalue weighted by molar-refractivity contribution is -0.116. The Morgan fingerprint density at radius 3 is 2.71 bits per heavy atom. The lowest BCUT2D eigenvalue weighted by Crippen LogP contribution is -2.12. The number of amides is 1. The van der Waals surface area contributed by atoms with E-state index in [4.69, 9.17) is 0 Å². The largest absolute Gasteiger partial charge is 0.311 e. The molecule has 1 rings (SSSR count). The van der Waals surface area contributed by atoms with Crippen molar-refractivity contribution >= 4 is 34.3 Å². The van der Waals surface area contributed by atoms with E-state index >= 15 is 0 Å². The Hall–Kier alpha value is -0.650. The van der Waals surface area contributed by atoms with Crippen LogP contribution in [0.4, 0.5) is 5.82 Å². The van der Waals surface area contributed by atoms with Crippen molar-refractivity contribution in [1.29, 1.82) is 0 Å². The van der Waals surface area contributed by atoms with E-state index in [1.54, 1.807) is 6.20 Å². The first kappa shape index (κ1) is 14.4. The Morgan fingerprint density at radius 2 is 2.06 bits per heavy atom. The fourth-order valence-corrected chi connectivity index (χ4v) is 1.86. The standard InChI is InChI=1S/C13H19IN2O/c1-2-3-4-5-6-7-13(17)16-12-9-8-11(14)10-15-12/h8-10H,2-7H2,1H3,(H,15,16,17). The fourth-order valence-electron chi connectivity index (χ4n) is 1.54. The molecule has 1 aromatic rings. The summed E-state index contributed by atoms with van der Waals surface area (Å²) in [7, 11) is 0. The van der Waals surface area contributed by atoms with Gasteiger partial charge in [0.1, 0.15) is 5.82 Å². The zero-order valence-electron chi connectivity index (χ0n) is 10.2. The van der Waals surface area contributed by atoms with Gasteiger partial charge in [-0.1, -0.05) is 32.6 Å². The Labute approximate surface area is 117 Å². The average molecular weight is 346 g/mol. The first-order chi connectivity index (χ1) is 8.22. The predicted octanol–water partition coefficient (Wildman–Crippen LogP) is 3.99. The summed E-state index contributed by atoms with van der Waals surface area (Å²) in [6.45, 7) is 2.19. The number of carbonyl (C=O) groups excluding carboxylic acids is 1.